The molecule has 1 rings (SSSR count). The van der Waals surface area contributed by atoms with Gasteiger partial charge in [0.25, 0.3) is 0 Å². The first-order valence-corrected chi connectivity index (χ1v) is 4.31. The fraction of sp³-hybridized carbons (Fsp3) is 0.273. The minimum atomic E-state index is -0.0712. The second-order valence-electron chi connectivity index (χ2n) is 3.06. The standard InChI is InChI=1S/C11H15NO/c1-3-4-11(13-12)10-7-5-9(2)6-8-10/h3,5-8,11H,1,4,12H2,2H3. The molecular weight excluding hydrogens is 162 g/mol. The third-order valence-corrected chi connectivity index (χ3v) is 1.99. The van der Waals surface area contributed by atoms with E-state index >= 15 is 0 Å². The SMILES string of the molecule is C=CCC(ON)c1ccc(C)cc1. The van der Waals surface area contributed by atoms with E-state index in [9.17, 15) is 0 Å². The molecule has 0 amide bonds. The molecule has 0 saturated carbocycles. The van der Waals surface area contributed by atoms with Crippen LogP contribution in [0.3, 0.4) is 0 Å². The maximum atomic E-state index is 5.18. The van der Waals surface area contributed by atoms with E-state index in [1.807, 2.05) is 24.3 Å². The van der Waals surface area contributed by atoms with E-state index in [1.54, 1.807) is 6.08 Å². The van der Waals surface area contributed by atoms with Gasteiger partial charge in [-0.25, -0.2) is 5.90 Å². The second kappa shape index (κ2) is 4.80. The zero-order valence-corrected chi connectivity index (χ0v) is 7.86. The highest BCUT2D eigenvalue weighted by atomic mass is 16.6. The van der Waals surface area contributed by atoms with Gasteiger partial charge < -0.3 is 0 Å². The zero-order valence-electron chi connectivity index (χ0n) is 7.86. The van der Waals surface area contributed by atoms with Crippen LogP contribution in [0.1, 0.15) is 23.7 Å². The van der Waals surface area contributed by atoms with Crippen LogP contribution in [-0.4, -0.2) is 0 Å². The van der Waals surface area contributed by atoms with E-state index < -0.39 is 0 Å². The highest BCUT2D eigenvalue weighted by Crippen LogP contribution is 2.19. The van der Waals surface area contributed by atoms with Gasteiger partial charge in [0.05, 0.1) is 0 Å². The Balaban J connectivity index is 2.78. The number of hydrogen-bond donors (Lipinski definition) is 1. The van der Waals surface area contributed by atoms with Crippen LogP contribution >= 0.6 is 0 Å². The summed E-state index contributed by atoms with van der Waals surface area (Å²) in [7, 11) is 0. The van der Waals surface area contributed by atoms with Crippen LogP contribution in [0.2, 0.25) is 0 Å². The van der Waals surface area contributed by atoms with Crippen LogP contribution in [0, 0.1) is 6.92 Å². The van der Waals surface area contributed by atoms with Gasteiger partial charge in [0.1, 0.15) is 6.10 Å². The van der Waals surface area contributed by atoms with Gasteiger partial charge in [-0.15, -0.1) is 6.58 Å². The van der Waals surface area contributed by atoms with Crippen LogP contribution in [0.15, 0.2) is 36.9 Å². The van der Waals surface area contributed by atoms with Crippen LogP contribution in [0.25, 0.3) is 0 Å². The summed E-state index contributed by atoms with van der Waals surface area (Å²) < 4.78 is 0. The first-order valence-electron chi connectivity index (χ1n) is 4.31. The van der Waals surface area contributed by atoms with Crippen molar-refractivity contribution in [3.63, 3.8) is 0 Å². The quantitative estimate of drug-likeness (QED) is 0.566. The van der Waals surface area contributed by atoms with Gasteiger partial charge in [-0.2, -0.15) is 0 Å². The summed E-state index contributed by atoms with van der Waals surface area (Å²) in [5, 5.41) is 0. The van der Waals surface area contributed by atoms with Gasteiger partial charge in [-0.3, -0.25) is 4.84 Å². The smallest absolute Gasteiger partial charge is 0.107 e. The minimum absolute atomic E-state index is 0.0712. The summed E-state index contributed by atoms with van der Waals surface area (Å²) in [5.74, 6) is 5.18. The van der Waals surface area contributed by atoms with Crippen LogP contribution in [0.5, 0.6) is 0 Å². The van der Waals surface area contributed by atoms with Crippen molar-refractivity contribution in [1.82, 2.24) is 0 Å². The molecule has 2 heteroatoms. The van der Waals surface area contributed by atoms with Gasteiger partial charge >= 0.3 is 0 Å². The topological polar surface area (TPSA) is 35.2 Å². The molecule has 2 N–H and O–H groups in total. The molecule has 0 bridgehead atoms. The number of hydrogen-bond acceptors (Lipinski definition) is 2. The number of rotatable bonds is 4. The Morgan fingerprint density at radius 3 is 2.54 bits per heavy atom. The summed E-state index contributed by atoms with van der Waals surface area (Å²) in [5.41, 5.74) is 2.33. The lowest BCUT2D eigenvalue weighted by atomic mass is 10.1. The number of benzene rings is 1. The van der Waals surface area contributed by atoms with E-state index in [0.29, 0.717) is 0 Å². The first-order chi connectivity index (χ1) is 6.27. The molecule has 0 spiro atoms. The van der Waals surface area contributed by atoms with Crippen molar-refractivity contribution < 1.29 is 4.84 Å². The second-order valence-corrected chi connectivity index (χ2v) is 3.06. The maximum Gasteiger partial charge on any atom is 0.107 e. The largest absolute Gasteiger partial charge is 0.296 e. The molecule has 1 aromatic rings. The van der Waals surface area contributed by atoms with E-state index in [-0.39, 0.29) is 6.10 Å². The average molecular weight is 177 g/mol. The Morgan fingerprint density at radius 2 is 2.08 bits per heavy atom. The number of nitrogens with two attached hydrogens (primary N) is 1. The Hall–Kier alpha value is -1.12. The molecule has 0 saturated heterocycles. The molecule has 2 nitrogen and oxygen atoms in total. The minimum Gasteiger partial charge on any atom is -0.296 e. The molecule has 0 aliphatic rings. The lowest BCUT2D eigenvalue weighted by Gasteiger charge is -2.12. The molecule has 0 heterocycles. The molecule has 0 aromatic heterocycles. The summed E-state index contributed by atoms with van der Waals surface area (Å²) in [6.45, 7) is 5.71. The van der Waals surface area contributed by atoms with Crippen molar-refractivity contribution in [3.8, 4) is 0 Å². The van der Waals surface area contributed by atoms with Gasteiger partial charge in [0, 0.05) is 0 Å². The van der Waals surface area contributed by atoms with Crippen molar-refractivity contribution in [1.29, 1.82) is 0 Å². The van der Waals surface area contributed by atoms with E-state index in [4.69, 9.17) is 10.7 Å². The summed E-state index contributed by atoms with van der Waals surface area (Å²) in [6, 6.07) is 8.14. The highest BCUT2D eigenvalue weighted by molar-refractivity contribution is 5.23. The Morgan fingerprint density at radius 1 is 1.46 bits per heavy atom. The summed E-state index contributed by atoms with van der Waals surface area (Å²) >= 11 is 0. The van der Waals surface area contributed by atoms with Crippen molar-refractivity contribution in [2.75, 3.05) is 0 Å². The third-order valence-electron chi connectivity index (χ3n) is 1.99. The zero-order chi connectivity index (χ0) is 9.68. The molecule has 0 aliphatic heterocycles. The van der Waals surface area contributed by atoms with Gasteiger partial charge in [0.2, 0.25) is 0 Å². The molecule has 0 aliphatic carbocycles. The maximum absolute atomic E-state index is 5.18. The predicted molar refractivity (Wildman–Crippen MR) is 54.0 cm³/mol. The predicted octanol–water partition coefficient (Wildman–Crippen LogP) is 2.50. The molecular formula is C11H15NO. The van der Waals surface area contributed by atoms with Gasteiger partial charge in [-0.05, 0) is 18.9 Å². The molecule has 1 unspecified atom stereocenters. The van der Waals surface area contributed by atoms with Crippen molar-refractivity contribution in [2.45, 2.75) is 19.4 Å². The average Bonchev–Trinajstić information content (AvgIpc) is 2.16. The molecule has 70 valence electrons. The molecule has 1 atom stereocenters. The van der Waals surface area contributed by atoms with Crippen molar-refractivity contribution in [2.24, 2.45) is 5.90 Å². The van der Waals surface area contributed by atoms with Gasteiger partial charge in [-0.1, -0.05) is 35.9 Å². The normalized spacial score (nSPS) is 12.5. The van der Waals surface area contributed by atoms with E-state index in [2.05, 4.69) is 13.5 Å². The monoisotopic (exact) mass is 177 g/mol. The van der Waals surface area contributed by atoms with E-state index in [0.717, 1.165) is 12.0 Å². The Bertz CT molecular complexity index is 266. The Labute approximate surface area is 79.0 Å². The fourth-order valence-corrected chi connectivity index (χ4v) is 1.20. The lowest BCUT2D eigenvalue weighted by molar-refractivity contribution is 0.0549. The third kappa shape index (κ3) is 2.68. The van der Waals surface area contributed by atoms with Crippen LogP contribution < -0.4 is 5.90 Å². The van der Waals surface area contributed by atoms with Crippen LogP contribution in [-0.2, 0) is 4.84 Å². The first kappa shape index (κ1) is 9.96. The molecule has 0 radical (unpaired) electrons. The van der Waals surface area contributed by atoms with Crippen molar-refractivity contribution in [3.05, 3.63) is 48.0 Å². The van der Waals surface area contributed by atoms with Crippen LogP contribution in [0.4, 0.5) is 0 Å². The van der Waals surface area contributed by atoms with Crippen molar-refractivity contribution >= 4 is 0 Å². The summed E-state index contributed by atoms with van der Waals surface area (Å²) in [4.78, 5) is 4.85. The fourth-order valence-electron chi connectivity index (χ4n) is 1.20. The van der Waals surface area contributed by atoms with Gasteiger partial charge in [0.15, 0.2) is 0 Å². The lowest BCUT2D eigenvalue weighted by Crippen LogP contribution is -2.08. The molecule has 1 aromatic carbocycles. The van der Waals surface area contributed by atoms with E-state index in [1.165, 1.54) is 5.56 Å². The summed E-state index contributed by atoms with van der Waals surface area (Å²) in [6.07, 6.45) is 2.47. The Kier molecular flexibility index (Phi) is 3.68. The molecule has 0 fully saturated rings. The molecule has 13 heavy (non-hydrogen) atoms. The highest BCUT2D eigenvalue weighted by Gasteiger charge is 2.07. The number of aryl methyl sites for hydroxylation is 1.